The Bertz CT molecular complexity index is 1530. The minimum atomic E-state index is -0.779. The van der Waals surface area contributed by atoms with Crippen molar-refractivity contribution in [2.75, 3.05) is 13.2 Å². The highest BCUT2D eigenvalue weighted by Gasteiger charge is 2.19. The van der Waals surface area contributed by atoms with E-state index in [1.54, 1.807) is 0 Å². The van der Waals surface area contributed by atoms with Crippen LogP contribution in [0.1, 0.15) is 355 Å². The Morgan fingerprint density at radius 3 is 0.753 bits per heavy atom. The molecule has 0 amide bonds. The van der Waals surface area contributed by atoms with Crippen LogP contribution in [0.4, 0.5) is 0 Å². The van der Waals surface area contributed by atoms with E-state index in [-0.39, 0.29) is 31.1 Å². The van der Waals surface area contributed by atoms with E-state index in [9.17, 15) is 14.4 Å². The van der Waals surface area contributed by atoms with Gasteiger partial charge in [0, 0.05) is 19.3 Å². The van der Waals surface area contributed by atoms with Crippen molar-refractivity contribution in [2.24, 2.45) is 0 Å². The maximum absolute atomic E-state index is 12.9. The summed E-state index contributed by atoms with van der Waals surface area (Å²) in [6, 6.07) is 0. The molecule has 0 saturated carbocycles. The van der Waals surface area contributed by atoms with Gasteiger partial charge in [0.25, 0.3) is 0 Å². The normalized spacial score (nSPS) is 12.6. The van der Waals surface area contributed by atoms with Crippen LogP contribution < -0.4 is 0 Å². The number of allylic oxidation sites excluding steroid dienone is 14. The van der Waals surface area contributed by atoms with Crippen molar-refractivity contribution in [3.05, 3.63) is 85.1 Å². The Morgan fingerprint density at radius 2 is 0.481 bits per heavy atom. The molecule has 0 aliphatic heterocycles. The van der Waals surface area contributed by atoms with Crippen LogP contribution in [-0.2, 0) is 28.6 Å². The lowest BCUT2D eigenvalue weighted by molar-refractivity contribution is -0.167. The molecule has 6 nitrogen and oxygen atoms in total. The number of carbonyl (C=O) groups excluding carboxylic acids is 3. The lowest BCUT2D eigenvalue weighted by Gasteiger charge is -2.18. The van der Waals surface area contributed by atoms with Gasteiger partial charge in [-0.25, -0.2) is 0 Å². The van der Waals surface area contributed by atoms with Crippen molar-refractivity contribution in [3.8, 4) is 0 Å². The topological polar surface area (TPSA) is 78.9 Å². The molecule has 0 saturated heterocycles. The van der Waals surface area contributed by atoms with E-state index in [4.69, 9.17) is 14.2 Å². The number of carbonyl (C=O) groups is 3. The van der Waals surface area contributed by atoms with E-state index in [2.05, 4.69) is 106 Å². The minimum absolute atomic E-state index is 0.0745. The van der Waals surface area contributed by atoms with Gasteiger partial charge < -0.3 is 14.2 Å². The summed E-state index contributed by atoms with van der Waals surface area (Å²) in [6.45, 7) is 6.57. The minimum Gasteiger partial charge on any atom is -0.462 e. The summed E-state index contributed by atoms with van der Waals surface area (Å²) in [6.07, 6.45) is 91.7. The van der Waals surface area contributed by atoms with Crippen molar-refractivity contribution in [1.29, 1.82) is 0 Å². The lowest BCUT2D eigenvalue weighted by Crippen LogP contribution is -2.30. The molecule has 0 aliphatic carbocycles. The van der Waals surface area contributed by atoms with Crippen molar-refractivity contribution in [3.63, 3.8) is 0 Å². The van der Waals surface area contributed by atoms with Gasteiger partial charge in [0.1, 0.15) is 13.2 Å². The Hall–Kier alpha value is -3.41. The molecule has 0 aromatic carbocycles. The molecule has 1 atom stereocenters. The maximum atomic E-state index is 12.9. The number of hydrogen-bond donors (Lipinski definition) is 0. The van der Waals surface area contributed by atoms with Crippen LogP contribution in [0.25, 0.3) is 0 Å². The molecular formula is C75H132O6. The Kier molecular flexibility index (Phi) is 66.2. The third-order valence-electron chi connectivity index (χ3n) is 15.4. The second-order valence-electron chi connectivity index (χ2n) is 23.4. The summed E-state index contributed by atoms with van der Waals surface area (Å²) in [5.74, 6) is -0.865. The van der Waals surface area contributed by atoms with Crippen molar-refractivity contribution in [1.82, 2.24) is 0 Å². The van der Waals surface area contributed by atoms with Gasteiger partial charge >= 0.3 is 17.9 Å². The standard InChI is InChI=1S/C75H132O6/c1-4-7-10-13-16-19-22-25-27-29-31-33-34-35-36-37-38-39-40-42-43-45-47-50-53-56-59-62-65-68-74(77)80-71-72(70-79-73(76)67-64-61-58-55-52-49-24-21-18-15-12-9-6-3)81-75(78)69-66-63-60-57-54-51-48-46-44-41-32-30-28-26-23-20-17-14-11-8-5-2/h7,10,16,19,25,27,31,33,35-36,38-39,42-43,72H,4-6,8-9,11-15,17-18,20-24,26,28-30,32,34,37,40-41,44-71H2,1-3H3/b10-7-,19-16-,27-25-,33-31-,36-35-,39-38-,43-42-. The SMILES string of the molecule is CC/C=C\C/C=C\C/C=C\C/C=C\C/C=C\C/C=C\C/C=C\CCCCCCCCCC(=O)OCC(COC(=O)CCCCCCCCCCCCCCC)OC(=O)CCCCCCCCCCCCCCCCCCCCCCC. The second kappa shape index (κ2) is 69.1. The molecule has 0 spiro atoms. The van der Waals surface area contributed by atoms with Crippen LogP contribution in [0.3, 0.4) is 0 Å². The Morgan fingerprint density at radius 1 is 0.259 bits per heavy atom. The highest BCUT2D eigenvalue weighted by Crippen LogP contribution is 2.18. The highest BCUT2D eigenvalue weighted by molar-refractivity contribution is 5.71. The fourth-order valence-electron chi connectivity index (χ4n) is 10.2. The zero-order valence-electron chi connectivity index (χ0n) is 53.8. The summed E-state index contributed by atoms with van der Waals surface area (Å²) in [5.41, 5.74) is 0. The molecule has 0 N–H and O–H groups in total. The summed E-state index contributed by atoms with van der Waals surface area (Å²) in [7, 11) is 0. The van der Waals surface area contributed by atoms with Crippen LogP contribution in [-0.4, -0.2) is 37.2 Å². The lowest BCUT2D eigenvalue weighted by atomic mass is 10.0. The molecule has 0 heterocycles. The summed E-state index contributed by atoms with van der Waals surface area (Å²) in [4.78, 5) is 38.4. The number of hydrogen-bond acceptors (Lipinski definition) is 6. The molecule has 1 unspecified atom stereocenters. The molecule has 0 radical (unpaired) electrons. The second-order valence-corrected chi connectivity index (χ2v) is 23.4. The molecule has 0 bridgehead atoms. The van der Waals surface area contributed by atoms with Crippen LogP contribution in [0.15, 0.2) is 85.1 Å². The van der Waals surface area contributed by atoms with Gasteiger partial charge in [0.15, 0.2) is 6.10 Å². The summed E-state index contributed by atoms with van der Waals surface area (Å²) < 4.78 is 17.0. The first kappa shape index (κ1) is 77.6. The molecule has 0 aromatic heterocycles. The zero-order chi connectivity index (χ0) is 58.5. The number of unbranched alkanes of at least 4 members (excludes halogenated alkanes) is 39. The quantitative estimate of drug-likeness (QED) is 0.0261. The maximum Gasteiger partial charge on any atom is 0.306 e. The average molecular weight is 1130 g/mol. The Labute approximate surface area is 503 Å². The molecule has 468 valence electrons. The van der Waals surface area contributed by atoms with Gasteiger partial charge in [-0.05, 0) is 77.0 Å². The predicted molar refractivity (Wildman–Crippen MR) is 353 cm³/mol. The molecule has 0 aliphatic rings. The monoisotopic (exact) mass is 1130 g/mol. The molecule has 81 heavy (non-hydrogen) atoms. The van der Waals surface area contributed by atoms with Crippen LogP contribution in [0.2, 0.25) is 0 Å². The van der Waals surface area contributed by atoms with Crippen molar-refractivity contribution >= 4 is 17.9 Å². The first-order chi connectivity index (χ1) is 40.0. The van der Waals surface area contributed by atoms with E-state index in [1.165, 1.54) is 205 Å². The van der Waals surface area contributed by atoms with E-state index in [0.29, 0.717) is 19.3 Å². The summed E-state index contributed by atoms with van der Waals surface area (Å²) >= 11 is 0. The molecule has 0 aromatic rings. The van der Waals surface area contributed by atoms with Gasteiger partial charge in [-0.2, -0.15) is 0 Å². The molecule has 6 heteroatoms. The third-order valence-corrected chi connectivity index (χ3v) is 15.4. The van der Waals surface area contributed by atoms with E-state index < -0.39 is 6.10 Å². The third kappa shape index (κ3) is 67.3. The number of esters is 3. The van der Waals surface area contributed by atoms with E-state index >= 15 is 0 Å². The highest BCUT2D eigenvalue weighted by atomic mass is 16.6. The predicted octanol–water partition coefficient (Wildman–Crippen LogP) is 24.2. The zero-order valence-corrected chi connectivity index (χ0v) is 53.8. The van der Waals surface area contributed by atoms with Gasteiger partial charge in [-0.1, -0.05) is 343 Å². The number of rotatable bonds is 64. The van der Waals surface area contributed by atoms with E-state index in [0.717, 1.165) is 109 Å². The van der Waals surface area contributed by atoms with Crippen molar-refractivity contribution in [2.45, 2.75) is 361 Å². The molecule has 0 fully saturated rings. The van der Waals surface area contributed by atoms with Gasteiger partial charge in [-0.3, -0.25) is 14.4 Å². The van der Waals surface area contributed by atoms with Crippen LogP contribution in [0, 0.1) is 0 Å². The fraction of sp³-hybridized carbons (Fsp3) is 0.773. The first-order valence-corrected chi connectivity index (χ1v) is 35.1. The Balaban J connectivity index is 4.30. The van der Waals surface area contributed by atoms with Crippen molar-refractivity contribution < 1.29 is 28.6 Å². The average Bonchev–Trinajstić information content (AvgIpc) is 3.46. The molecular weight excluding hydrogens is 997 g/mol. The summed E-state index contributed by atoms with van der Waals surface area (Å²) in [5, 5.41) is 0. The van der Waals surface area contributed by atoms with Gasteiger partial charge in [0.2, 0.25) is 0 Å². The van der Waals surface area contributed by atoms with Gasteiger partial charge in [-0.15, -0.1) is 0 Å². The number of ether oxygens (including phenoxy) is 3. The van der Waals surface area contributed by atoms with Crippen LogP contribution >= 0.6 is 0 Å². The smallest absolute Gasteiger partial charge is 0.306 e. The van der Waals surface area contributed by atoms with Crippen LogP contribution in [0.5, 0.6) is 0 Å². The largest absolute Gasteiger partial charge is 0.462 e. The van der Waals surface area contributed by atoms with E-state index in [1.807, 2.05) is 0 Å². The molecule has 0 rings (SSSR count). The first-order valence-electron chi connectivity index (χ1n) is 35.1. The fourth-order valence-corrected chi connectivity index (χ4v) is 10.2. The van der Waals surface area contributed by atoms with Gasteiger partial charge in [0.05, 0.1) is 0 Å².